The van der Waals surface area contributed by atoms with Crippen molar-refractivity contribution in [1.82, 2.24) is 4.90 Å². The molecule has 0 saturated carbocycles. The van der Waals surface area contributed by atoms with Crippen molar-refractivity contribution >= 4 is 18.0 Å². The van der Waals surface area contributed by atoms with Gasteiger partial charge in [0.25, 0.3) is 0 Å². The van der Waals surface area contributed by atoms with Crippen molar-refractivity contribution in [2.24, 2.45) is 17.8 Å². The molecule has 0 spiro atoms. The van der Waals surface area contributed by atoms with Gasteiger partial charge in [-0.25, -0.2) is 9.69 Å². The standard InChI is InChI=1S/C19H23NO5/c1-11(2)14-10-24-19(23)20(14)18(22)16-12(3)9-15(21)25-17(16)13-7-5-4-6-8-13/h4-8,11-12,14,16-17H,9-10H2,1-3H3/t12-,14+,16+,17-/m0/s1. The lowest BCUT2D eigenvalue weighted by molar-refractivity contribution is -0.169. The summed E-state index contributed by atoms with van der Waals surface area (Å²) in [7, 11) is 0. The molecule has 1 aromatic carbocycles. The number of cyclic esters (lactones) is 2. The van der Waals surface area contributed by atoms with Crippen LogP contribution in [0.25, 0.3) is 0 Å². The second kappa shape index (κ2) is 6.86. The summed E-state index contributed by atoms with van der Waals surface area (Å²) in [6.45, 7) is 5.96. The molecule has 0 radical (unpaired) electrons. The molecule has 4 atom stereocenters. The van der Waals surface area contributed by atoms with Crippen molar-refractivity contribution in [3.05, 3.63) is 35.9 Å². The molecular formula is C19H23NO5. The molecule has 0 aliphatic carbocycles. The number of imide groups is 1. The van der Waals surface area contributed by atoms with Gasteiger partial charge in [-0.15, -0.1) is 0 Å². The molecule has 2 heterocycles. The molecule has 2 aliphatic heterocycles. The first-order valence-corrected chi connectivity index (χ1v) is 8.64. The average Bonchev–Trinajstić information content (AvgIpc) is 2.96. The van der Waals surface area contributed by atoms with Crippen LogP contribution in [0, 0.1) is 17.8 Å². The molecule has 25 heavy (non-hydrogen) atoms. The summed E-state index contributed by atoms with van der Waals surface area (Å²) in [5, 5.41) is 0. The molecule has 0 unspecified atom stereocenters. The maximum absolute atomic E-state index is 13.3. The first-order chi connectivity index (χ1) is 11.9. The summed E-state index contributed by atoms with van der Waals surface area (Å²) in [6.07, 6.45) is -1.14. The van der Waals surface area contributed by atoms with Crippen molar-refractivity contribution in [2.45, 2.75) is 39.3 Å². The molecule has 1 aromatic rings. The predicted molar refractivity (Wildman–Crippen MR) is 89.4 cm³/mol. The van der Waals surface area contributed by atoms with Crippen LogP contribution in [0.3, 0.4) is 0 Å². The summed E-state index contributed by atoms with van der Waals surface area (Å²) in [4.78, 5) is 38.6. The van der Waals surface area contributed by atoms with Gasteiger partial charge in [0.05, 0.1) is 12.0 Å². The Hall–Kier alpha value is -2.37. The van der Waals surface area contributed by atoms with Gasteiger partial charge in [-0.3, -0.25) is 9.59 Å². The molecule has 0 bridgehead atoms. The Kier molecular flexibility index (Phi) is 4.79. The van der Waals surface area contributed by atoms with Gasteiger partial charge in [-0.1, -0.05) is 51.1 Å². The Balaban J connectivity index is 1.95. The molecule has 6 nitrogen and oxygen atoms in total. The van der Waals surface area contributed by atoms with Gasteiger partial charge in [0.15, 0.2) is 0 Å². The van der Waals surface area contributed by atoms with Crippen LogP contribution in [-0.4, -0.2) is 35.5 Å². The highest BCUT2D eigenvalue weighted by Gasteiger charge is 2.49. The van der Waals surface area contributed by atoms with Crippen molar-refractivity contribution in [3.63, 3.8) is 0 Å². The fourth-order valence-electron chi connectivity index (χ4n) is 3.58. The van der Waals surface area contributed by atoms with Gasteiger partial charge in [-0.05, 0) is 17.4 Å². The highest BCUT2D eigenvalue weighted by Crippen LogP contribution is 2.40. The highest BCUT2D eigenvalue weighted by atomic mass is 16.6. The number of carbonyl (C=O) groups excluding carboxylic acids is 3. The Morgan fingerprint density at radius 3 is 2.52 bits per heavy atom. The zero-order valence-corrected chi connectivity index (χ0v) is 14.7. The van der Waals surface area contributed by atoms with Crippen molar-refractivity contribution in [1.29, 1.82) is 0 Å². The fourth-order valence-corrected chi connectivity index (χ4v) is 3.58. The summed E-state index contributed by atoms with van der Waals surface area (Å²) in [5.41, 5.74) is 0.759. The summed E-state index contributed by atoms with van der Waals surface area (Å²) in [6, 6.07) is 8.91. The third-order valence-electron chi connectivity index (χ3n) is 5.01. The van der Waals surface area contributed by atoms with Crippen molar-refractivity contribution < 1.29 is 23.9 Å². The van der Waals surface area contributed by atoms with E-state index in [1.165, 1.54) is 4.90 Å². The van der Waals surface area contributed by atoms with E-state index in [0.29, 0.717) is 0 Å². The topological polar surface area (TPSA) is 72.9 Å². The van der Waals surface area contributed by atoms with Crippen LogP contribution in [0.1, 0.15) is 38.9 Å². The molecule has 2 amide bonds. The maximum atomic E-state index is 13.3. The number of ether oxygens (including phenoxy) is 2. The Bertz CT molecular complexity index is 672. The quantitative estimate of drug-likeness (QED) is 0.788. The minimum atomic E-state index is -0.689. The molecule has 0 aromatic heterocycles. The molecule has 0 N–H and O–H groups in total. The minimum Gasteiger partial charge on any atom is -0.457 e. The van der Waals surface area contributed by atoms with Crippen LogP contribution >= 0.6 is 0 Å². The molecule has 3 rings (SSSR count). The van der Waals surface area contributed by atoms with E-state index < -0.39 is 18.1 Å². The van der Waals surface area contributed by atoms with E-state index in [9.17, 15) is 14.4 Å². The fraction of sp³-hybridized carbons (Fsp3) is 0.526. The lowest BCUT2D eigenvalue weighted by atomic mass is 9.80. The van der Waals surface area contributed by atoms with Gasteiger partial charge < -0.3 is 9.47 Å². The Morgan fingerprint density at radius 2 is 1.88 bits per heavy atom. The number of benzene rings is 1. The molecule has 2 aliphatic rings. The van der Waals surface area contributed by atoms with E-state index in [1.807, 2.05) is 51.1 Å². The zero-order chi connectivity index (χ0) is 18.1. The number of carbonyl (C=O) groups is 3. The average molecular weight is 345 g/mol. The van der Waals surface area contributed by atoms with E-state index in [1.54, 1.807) is 0 Å². The molecule has 2 fully saturated rings. The largest absolute Gasteiger partial charge is 0.457 e. The first-order valence-electron chi connectivity index (χ1n) is 8.64. The number of hydrogen-bond acceptors (Lipinski definition) is 5. The Labute approximate surface area is 147 Å². The van der Waals surface area contributed by atoms with E-state index in [0.717, 1.165) is 5.56 Å². The lowest BCUT2D eigenvalue weighted by Gasteiger charge is -2.37. The zero-order valence-electron chi connectivity index (χ0n) is 14.7. The van der Waals surface area contributed by atoms with Gasteiger partial charge in [-0.2, -0.15) is 0 Å². The highest BCUT2D eigenvalue weighted by molar-refractivity contribution is 5.96. The van der Waals surface area contributed by atoms with Crippen molar-refractivity contribution in [3.8, 4) is 0 Å². The third kappa shape index (κ3) is 3.25. The second-order valence-electron chi connectivity index (χ2n) is 7.12. The Morgan fingerprint density at radius 1 is 1.20 bits per heavy atom. The first kappa shape index (κ1) is 17.5. The van der Waals surface area contributed by atoms with Crippen LogP contribution in [0.5, 0.6) is 0 Å². The second-order valence-corrected chi connectivity index (χ2v) is 7.12. The van der Waals surface area contributed by atoms with Gasteiger partial charge in [0, 0.05) is 6.42 Å². The van der Waals surface area contributed by atoms with Crippen LogP contribution < -0.4 is 0 Å². The van der Waals surface area contributed by atoms with E-state index in [2.05, 4.69) is 0 Å². The number of esters is 1. The SMILES string of the molecule is CC(C)[C@H]1COC(=O)N1C(=O)[C@@H]1[C@@H](C)CC(=O)O[C@H]1c1ccccc1. The van der Waals surface area contributed by atoms with Gasteiger partial charge >= 0.3 is 12.1 Å². The van der Waals surface area contributed by atoms with Crippen LogP contribution in [-0.2, 0) is 19.1 Å². The minimum absolute atomic E-state index is 0.0898. The third-order valence-corrected chi connectivity index (χ3v) is 5.01. The van der Waals surface area contributed by atoms with Gasteiger partial charge in [0.2, 0.25) is 5.91 Å². The monoisotopic (exact) mass is 345 g/mol. The number of nitrogens with zero attached hydrogens (tertiary/aromatic N) is 1. The normalized spacial score (nSPS) is 29.5. The van der Waals surface area contributed by atoms with Gasteiger partial charge in [0.1, 0.15) is 12.7 Å². The van der Waals surface area contributed by atoms with Crippen LogP contribution in [0.4, 0.5) is 4.79 Å². The number of hydrogen-bond donors (Lipinski definition) is 0. The van der Waals surface area contributed by atoms with E-state index in [4.69, 9.17) is 9.47 Å². The maximum Gasteiger partial charge on any atom is 0.416 e. The summed E-state index contributed by atoms with van der Waals surface area (Å²) >= 11 is 0. The molecular weight excluding hydrogens is 322 g/mol. The summed E-state index contributed by atoms with van der Waals surface area (Å²) in [5.74, 6) is -1.39. The molecule has 134 valence electrons. The summed E-state index contributed by atoms with van der Waals surface area (Å²) < 4.78 is 10.6. The smallest absolute Gasteiger partial charge is 0.416 e. The number of amides is 2. The molecule has 6 heteroatoms. The van der Waals surface area contributed by atoms with Crippen LogP contribution in [0.2, 0.25) is 0 Å². The predicted octanol–water partition coefficient (Wildman–Crippen LogP) is 2.93. The van der Waals surface area contributed by atoms with Crippen molar-refractivity contribution in [2.75, 3.05) is 6.61 Å². The van der Waals surface area contributed by atoms with Crippen LogP contribution in [0.15, 0.2) is 30.3 Å². The lowest BCUT2D eigenvalue weighted by Crippen LogP contribution is -2.49. The van der Waals surface area contributed by atoms with E-state index >= 15 is 0 Å². The molecule has 2 saturated heterocycles. The van der Waals surface area contributed by atoms with E-state index in [-0.39, 0.29) is 42.8 Å². The number of rotatable bonds is 3.